The fraction of sp³-hybridized carbons (Fsp3) is 0. The van der Waals surface area contributed by atoms with Gasteiger partial charge in [-0.3, -0.25) is 0 Å². The van der Waals surface area contributed by atoms with Crippen LogP contribution in [0.25, 0.3) is 87.4 Å². The first-order valence-electron chi connectivity index (χ1n) is 14.5. The van der Waals surface area contributed by atoms with E-state index < -0.39 is 0 Å². The van der Waals surface area contributed by atoms with Gasteiger partial charge in [-0.2, -0.15) is 0 Å². The van der Waals surface area contributed by atoms with Crippen LogP contribution in [0.15, 0.2) is 144 Å². The Morgan fingerprint density at radius 3 is 1.80 bits per heavy atom. The Hall–Kier alpha value is -5.65. The molecule has 0 aliphatic carbocycles. The minimum Gasteiger partial charge on any atom is -0.455 e. The molecule has 3 aromatic heterocycles. The molecule has 0 atom stereocenters. The summed E-state index contributed by atoms with van der Waals surface area (Å²) in [7, 11) is 0. The van der Waals surface area contributed by atoms with Gasteiger partial charge in [-0.1, -0.05) is 115 Å². The van der Waals surface area contributed by atoms with Crippen LogP contribution in [0, 0.1) is 0 Å². The molecule has 0 aliphatic heterocycles. The number of fused-ring (bicyclic) bond motifs is 6. The molecule has 6 aromatic carbocycles. The average molecular weight is 582 g/mol. The maximum Gasteiger partial charge on any atom is 0.167 e. The van der Waals surface area contributed by atoms with Crippen molar-refractivity contribution in [2.45, 2.75) is 0 Å². The van der Waals surface area contributed by atoms with E-state index in [1.54, 1.807) is 0 Å². The van der Waals surface area contributed by atoms with Crippen molar-refractivity contribution in [1.82, 2.24) is 15.0 Å². The number of aromatic nitrogens is 3. The summed E-state index contributed by atoms with van der Waals surface area (Å²) in [6.07, 6.45) is 0. The van der Waals surface area contributed by atoms with Crippen molar-refractivity contribution >= 4 is 53.4 Å². The van der Waals surface area contributed by atoms with E-state index in [0.29, 0.717) is 17.5 Å². The van der Waals surface area contributed by atoms with Crippen LogP contribution in [0.1, 0.15) is 0 Å². The van der Waals surface area contributed by atoms with Crippen LogP contribution in [0.5, 0.6) is 0 Å². The van der Waals surface area contributed by atoms with E-state index in [2.05, 4.69) is 72.8 Å². The molecule has 9 aromatic rings. The summed E-state index contributed by atoms with van der Waals surface area (Å²) in [5.74, 6) is 1.83. The summed E-state index contributed by atoms with van der Waals surface area (Å²) < 4.78 is 9.16. The number of para-hydroxylation sites is 1. The molecule has 206 valence electrons. The Morgan fingerprint density at radius 1 is 0.432 bits per heavy atom. The molecule has 9 rings (SSSR count). The molecule has 0 saturated carbocycles. The standard InChI is InChI=1S/C39H23N3OS/c1-3-11-24(12-4-1)37-40-38(25-13-5-2-6-14-25)42-39(41-37)31-19-10-17-29-32-23-26(21-22-33(32)43-35(29)31)27-16-9-18-30-28-15-7-8-20-34(28)44-36(27)30/h1-23H. The lowest BCUT2D eigenvalue weighted by Crippen LogP contribution is -2.00. The van der Waals surface area contributed by atoms with Gasteiger partial charge in [-0.25, -0.2) is 15.0 Å². The second kappa shape index (κ2) is 9.97. The van der Waals surface area contributed by atoms with E-state index in [-0.39, 0.29) is 0 Å². The highest BCUT2D eigenvalue weighted by molar-refractivity contribution is 7.26. The number of thiophene rings is 1. The van der Waals surface area contributed by atoms with Gasteiger partial charge in [-0.05, 0) is 35.4 Å². The summed E-state index contributed by atoms with van der Waals surface area (Å²) in [6, 6.07) is 48.0. The molecular formula is C39H23N3OS. The molecule has 4 nitrogen and oxygen atoms in total. The maximum atomic E-state index is 6.56. The molecule has 0 N–H and O–H groups in total. The molecule has 0 unspecified atom stereocenters. The highest BCUT2D eigenvalue weighted by Gasteiger charge is 2.18. The maximum absolute atomic E-state index is 6.56. The summed E-state index contributed by atoms with van der Waals surface area (Å²) in [6.45, 7) is 0. The fourth-order valence-corrected chi connectivity index (χ4v) is 7.28. The zero-order valence-corrected chi connectivity index (χ0v) is 24.3. The Bertz CT molecular complexity index is 2440. The van der Waals surface area contributed by atoms with Gasteiger partial charge in [0.15, 0.2) is 17.5 Å². The highest BCUT2D eigenvalue weighted by atomic mass is 32.1. The fourth-order valence-electron chi connectivity index (χ4n) is 6.05. The predicted molar refractivity (Wildman–Crippen MR) is 182 cm³/mol. The molecule has 44 heavy (non-hydrogen) atoms. The number of hydrogen-bond acceptors (Lipinski definition) is 5. The van der Waals surface area contributed by atoms with E-state index in [4.69, 9.17) is 19.4 Å². The van der Waals surface area contributed by atoms with E-state index in [1.807, 2.05) is 78.1 Å². The lowest BCUT2D eigenvalue weighted by Gasteiger charge is -2.08. The lowest BCUT2D eigenvalue weighted by molar-refractivity contribution is 0.669. The van der Waals surface area contributed by atoms with Crippen LogP contribution in [-0.4, -0.2) is 15.0 Å². The topological polar surface area (TPSA) is 51.8 Å². The monoisotopic (exact) mass is 581 g/mol. The minimum absolute atomic E-state index is 0.581. The molecule has 0 radical (unpaired) electrons. The molecule has 0 aliphatic rings. The van der Waals surface area contributed by atoms with E-state index in [0.717, 1.165) is 38.6 Å². The van der Waals surface area contributed by atoms with Crippen molar-refractivity contribution in [3.05, 3.63) is 140 Å². The Kier molecular flexibility index (Phi) is 5.64. The first-order valence-corrected chi connectivity index (χ1v) is 15.3. The van der Waals surface area contributed by atoms with Crippen LogP contribution in [0.4, 0.5) is 0 Å². The smallest absolute Gasteiger partial charge is 0.167 e. The number of hydrogen-bond donors (Lipinski definition) is 0. The molecule has 3 heterocycles. The number of furan rings is 1. The largest absolute Gasteiger partial charge is 0.455 e. The van der Waals surface area contributed by atoms with Gasteiger partial charge in [-0.15, -0.1) is 11.3 Å². The zero-order valence-electron chi connectivity index (χ0n) is 23.4. The minimum atomic E-state index is 0.581. The van der Waals surface area contributed by atoms with Gasteiger partial charge in [0.1, 0.15) is 11.2 Å². The van der Waals surface area contributed by atoms with Crippen molar-refractivity contribution in [3.63, 3.8) is 0 Å². The normalized spacial score (nSPS) is 11.6. The van der Waals surface area contributed by atoms with Crippen molar-refractivity contribution in [1.29, 1.82) is 0 Å². The number of nitrogens with zero attached hydrogens (tertiary/aromatic N) is 3. The first kappa shape index (κ1) is 24.9. The number of rotatable bonds is 4. The molecule has 0 amide bonds. The van der Waals surface area contributed by atoms with E-state index >= 15 is 0 Å². The van der Waals surface area contributed by atoms with Crippen LogP contribution < -0.4 is 0 Å². The molecule has 0 bridgehead atoms. The van der Waals surface area contributed by atoms with Crippen molar-refractivity contribution in [2.24, 2.45) is 0 Å². The van der Waals surface area contributed by atoms with Crippen LogP contribution in [0.3, 0.4) is 0 Å². The SMILES string of the molecule is c1ccc(-c2nc(-c3ccccc3)nc(-c3cccc4c3oc3ccc(-c5cccc6c5sc5ccccc56)cc34)n2)cc1. The highest BCUT2D eigenvalue weighted by Crippen LogP contribution is 2.42. The third-order valence-electron chi connectivity index (χ3n) is 8.15. The van der Waals surface area contributed by atoms with Crippen LogP contribution in [-0.2, 0) is 0 Å². The summed E-state index contributed by atoms with van der Waals surface area (Å²) in [5, 5.41) is 4.70. The van der Waals surface area contributed by atoms with Gasteiger partial charge in [0.05, 0.1) is 5.56 Å². The van der Waals surface area contributed by atoms with Crippen molar-refractivity contribution in [2.75, 3.05) is 0 Å². The number of benzene rings is 6. The Labute approximate surface area is 256 Å². The van der Waals surface area contributed by atoms with E-state index in [9.17, 15) is 0 Å². The first-order chi connectivity index (χ1) is 21.8. The summed E-state index contributed by atoms with van der Waals surface area (Å²) >= 11 is 1.85. The predicted octanol–water partition coefficient (Wildman–Crippen LogP) is 10.8. The van der Waals surface area contributed by atoms with Gasteiger partial charge in [0.25, 0.3) is 0 Å². The second-order valence-corrected chi connectivity index (χ2v) is 11.9. The average Bonchev–Trinajstić information content (AvgIpc) is 3.67. The van der Waals surface area contributed by atoms with Crippen molar-refractivity contribution < 1.29 is 4.42 Å². The second-order valence-electron chi connectivity index (χ2n) is 10.8. The molecule has 0 saturated heterocycles. The molecule has 5 heteroatoms. The van der Waals surface area contributed by atoms with Gasteiger partial charge in [0.2, 0.25) is 0 Å². The zero-order chi connectivity index (χ0) is 29.0. The third kappa shape index (κ3) is 4.02. The molecular weight excluding hydrogens is 559 g/mol. The van der Waals surface area contributed by atoms with Crippen LogP contribution in [0.2, 0.25) is 0 Å². The van der Waals surface area contributed by atoms with Gasteiger partial charge < -0.3 is 4.42 Å². The van der Waals surface area contributed by atoms with E-state index in [1.165, 1.54) is 31.3 Å². The van der Waals surface area contributed by atoms with Gasteiger partial charge >= 0.3 is 0 Å². The Morgan fingerprint density at radius 2 is 1.05 bits per heavy atom. The Balaban J connectivity index is 1.24. The quantitative estimate of drug-likeness (QED) is 0.207. The third-order valence-corrected chi connectivity index (χ3v) is 9.37. The molecule has 0 fully saturated rings. The van der Waals surface area contributed by atoms with Gasteiger partial charge in [0, 0.05) is 42.1 Å². The summed E-state index contributed by atoms with van der Waals surface area (Å²) in [5.41, 5.74) is 6.71. The summed E-state index contributed by atoms with van der Waals surface area (Å²) in [4.78, 5) is 14.8. The molecule has 0 spiro atoms. The van der Waals surface area contributed by atoms with Crippen LogP contribution >= 0.6 is 11.3 Å². The van der Waals surface area contributed by atoms with Crippen molar-refractivity contribution in [3.8, 4) is 45.3 Å². The lowest BCUT2D eigenvalue weighted by atomic mass is 10.00.